The number of halogens is 2. The molecule has 3 aromatic rings. The van der Waals surface area contributed by atoms with E-state index in [2.05, 4.69) is 26.2 Å². The van der Waals surface area contributed by atoms with Gasteiger partial charge in [0.15, 0.2) is 5.13 Å². The number of thiazole rings is 1. The van der Waals surface area contributed by atoms with E-state index in [4.69, 9.17) is 9.47 Å². The highest BCUT2D eigenvalue weighted by Crippen LogP contribution is 2.35. The van der Waals surface area contributed by atoms with E-state index < -0.39 is 11.7 Å². The van der Waals surface area contributed by atoms with E-state index in [1.165, 1.54) is 23.5 Å². The van der Waals surface area contributed by atoms with Gasteiger partial charge in [-0.3, -0.25) is 10.1 Å². The lowest BCUT2D eigenvalue weighted by atomic mass is 10.1. The number of rotatable bonds is 5. The van der Waals surface area contributed by atoms with Gasteiger partial charge in [0.25, 0.3) is 5.91 Å². The molecule has 0 bridgehead atoms. The number of aromatic nitrogens is 1. The van der Waals surface area contributed by atoms with Gasteiger partial charge in [-0.2, -0.15) is 0 Å². The Morgan fingerprint density at radius 2 is 2.00 bits per heavy atom. The van der Waals surface area contributed by atoms with Crippen LogP contribution in [0.5, 0.6) is 11.5 Å². The predicted octanol–water partition coefficient (Wildman–Crippen LogP) is 4.98. The molecule has 1 aromatic heterocycles. The van der Waals surface area contributed by atoms with Gasteiger partial charge in [0.05, 0.1) is 25.5 Å². The second-order valence-corrected chi connectivity index (χ2v) is 6.96. The zero-order valence-electron chi connectivity index (χ0n) is 13.9. The van der Waals surface area contributed by atoms with Crippen LogP contribution < -0.4 is 14.8 Å². The quantitative estimate of drug-likeness (QED) is 0.612. The molecule has 0 radical (unpaired) electrons. The van der Waals surface area contributed by atoms with E-state index in [0.717, 1.165) is 5.56 Å². The molecule has 0 unspecified atom stereocenters. The molecule has 1 heterocycles. The number of carbonyl (C=O) groups is 1. The van der Waals surface area contributed by atoms with E-state index in [1.54, 1.807) is 37.8 Å². The van der Waals surface area contributed by atoms with Gasteiger partial charge < -0.3 is 9.47 Å². The number of amides is 1. The summed E-state index contributed by atoms with van der Waals surface area (Å²) in [4.78, 5) is 16.6. The zero-order chi connectivity index (χ0) is 18.7. The Morgan fingerprint density at radius 3 is 2.69 bits per heavy atom. The predicted molar refractivity (Wildman–Crippen MR) is 103 cm³/mol. The smallest absolute Gasteiger partial charge is 0.260 e. The lowest BCUT2D eigenvalue weighted by Crippen LogP contribution is -2.13. The lowest BCUT2D eigenvalue weighted by Gasteiger charge is -2.08. The normalized spacial score (nSPS) is 10.5. The number of hydrogen-bond acceptors (Lipinski definition) is 5. The van der Waals surface area contributed by atoms with Crippen LogP contribution in [-0.4, -0.2) is 25.1 Å². The molecular weight excluding hydrogens is 423 g/mol. The maximum absolute atomic E-state index is 13.9. The summed E-state index contributed by atoms with van der Waals surface area (Å²) in [7, 11) is 3.13. The number of hydrogen-bond donors (Lipinski definition) is 1. The largest absolute Gasteiger partial charge is 0.497 e. The lowest BCUT2D eigenvalue weighted by molar-refractivity contribution is 0.102. The van der Waals surface area contributed by atoms with Gasteiger partial charge in [-0.05, 0) is 30.3 Å². The minimum atomic E-state index is -0.606. The second-order valence-electron chi connectivity index (χ2n) is 5.18. The summed E-state index contributed by atoms with van der Waals surface area (Å²) in [5.74, 6) is 0.106. The first-order chi connectivity index (χ1) is 12.5. The van der Waals surface area contributed by atoms with Gasteiger partial charge in [-0.1, -0.05) is 15.9 Å². The summed E-state index contributed by atoms with van der Waals surface area (Å²) in [6, 6.07) is 9.64. The first-order valence-corrected chi connectivity index (χ1v) is 9.13. The first kappa shape index (κ1) is 18.3. The number of ether oxygens (including phenoxy) is 2. The summed E-state index contributed by atoms with van der Waals surface area (Å²) in [5.41, 5.74) is 1.35. The van der Waals surface area contributed by atoms with Crippen molar-refractivity contribution in [2.75, 3.05) is 19.5 Å². The summed E-state index contributed by atoms with van der Waals surface area (Å²) in [6.07, 6.45) is 0. The van der Waals surface area contributed by atoms with Crippen molar-refractivity contribution < 1.29 is 18.7 Å². The summed E-state index contributed by atoms with van der Waals surface area (Å²) in [6.45, 7) is 0. The highest BCUT2D eigenvalue weighted by molar-refractivity contribution is 9.10. The average molecular weight is 437 g/mol. The van der Waals surface area contributed by atoms with E-state index >= 15 is 0 Å². The van der Waals surface area contributed by atoms with Gasteiger partial charge in [-0.15, -0.1) is 11.3 Å². The van der Waals surface area contributed by atoms with Gasteiger partial charge >= 0.3 is 0 Å². The Kier molecular flexibility index (Phi) is 5.53. The van der Waals surface area contributed by atoms with Crippen molar-refractivity contribution >= 4 is 38.3 Å². The molecule has 0 aliphatic heterocycles. The number of anilines is 1. The molecule has 134 valence electrons. The van der Waals surface area contributed by atoms with Crippen LogP contribution >= 0.6 is 27.3 Å². The summed E-state index contributed by atoms with van der Waals surface area (Å²) in [5, 5.41) is 4.77. The fraction of sp³-hybridized carbons (Fsp3) is 0.111. The molecule has 0 saturated heterocycles. The molecule has 26 heavy (non-hydrogen) atoms. The standard InChI is InChI=1S/C18H14BrFN2O3S/c1-24-11-4-6-13(16(8-11)25-2)15-9-26-18(21-15)22-17(23)12-5-3-10(19)7-14(12)20/h3-9H,1-2H3,(H,21,22,23). The van der Waals surface area contributed by atoms with Crippen molar-refractivity contribution in [2.24, 2.45) is 0 Å². The Labute approximate surface area is 161 Å². The van der Waals surface area contributed by atoms with Crippen molar-refractivity contribution in [1.82, 2.24) is 4.98 Å². The summed E-state index contributed by atoms with van der Waals surface area (Å²) >= 11 is 4.41. The molecule has 2 aromatic carbocycles. The third-order valence-electron chi connectivity index (χ3n) is 3.59. The Hall–Kier alpha value is -2.45. The monoisotopic (exact) mass is 436 g/mol. The molecule has 1 amide bonds. The third-order valence-corrected chi connectivity index (χ3v) is 4.84. The van der Waals surface area contributed by atoms with Crippen LogP contribution in [0.3, 0.4) is 0 Å². The molecule has 5 nitrogen and oxygen atoms in total. The van der Waals surface area contributed by atoms with Gasteiger partial charge in [0, 0.05) is 21.5 Å². The van der Waals surface area contributed by atoms with Gasteiger partial charge in [0.2, 0.25) is 0 Å². The van der Waals surface area contributed by atoms with Crippen LogP contribution in [0.4, 0.5) is 9.52 Å². The molecule has 3 rings (SSSR count). The number of nitrogens with one attached hydrogen (secondary N) is 1. The highest BCUT2D eigenvalue weighted by atomic mass is 79.9. The fourth-order valence-electron chi connectivity index (χ4n) is 2.30. The van der Waals surface area contributed by atoms with Crippen LogP contribution in [0.15, 0.2) is 46.3 Å². The third kappa shape index (κ3) is 3.86. The van der Waals surface area contributed by atoms with E-state index in [1.807, 2.05) is 6.07 Å². The van der Waals surface area contributed by atoms with Crippen molar-refractivity contribution in [2.45, 2.75) is 0 Å². The maximum Gasteiger partial charge on any atom is 0.260 e. The van der Waals surface area contributed by atoms with E-state index in [9.17, 15) is 9.18 Å². The minimum absolute atomic E-state index is 0.0491. The van der Waals surface area contributed by atoms with Crippen molar-refractivity contribution in [3.05, 3.63) is 57.6 Å². The SMILES string of the molecule is COc1ccc(-c2csc(NC(=O)c3ccc(Br)cc3F)n2)c(OC)c1. The van der Waals surface area contributed by atoms with E-state index in [0.29, 0.717) is 26.8 Å². The topological polar surface area (TPSA) is 60.5 Å². The van der Waals surface area contributed by atoms with Crippen molar-refractivity contribution in [1.29, 1.82) is 0 Å². The Bertz CT molecular complexity index is 961. The van der Waals surface area contributed by atoms with Crippen LogP contribution in [0, 0.1) is 5.82 Å². The summed E-state index contributed by atoms with van der Waals surface area (Å²) < 4.78 is 25.0. The van der Waals surface area contributed by atoms with Crippen molar-refractivity contribution in [3.8, 4) is 22.8 Å². The number of nitrogens with zero attached hydrogens (tertiary/aromatic N) is 1. The average Bonchev–Trinajstić information content (AvgIpc) is 3.09. The molecular formula is C18H14BrFN2O3S. The van der Waals surface area contributed by atoms with Crippen molar-refractivity contribution in [3.63, 3.8) is 0 Å². The molecule has 0 aliphatic rings. The van der Waals surface area contributed by atoms with E-state index in [-0.39, 0.29) is 5.56 Å². The number of methoxy groups -OCH3 is 2. The van der Waals surface area contributed by atoms with Crippen LogP contribution in [0.25, 0.3) is 11.3 Å². The minimum Gasteiger partial charge on any atom is -0.497 e. The molecule has 0 spiro atoms. The Morgan fingerprint density at radius 1 is 1.19 bits per heavy atom. The molecule has 8 heteroatoms. The molecule has 0 fully saturated rings. The van der Waals surface area contributed by atoms with Gasteiger partial charge in [-0.25, -0.2) is 9.37 Å². The fourth-order valence-corrected chi connectivity index (χ4v) is 3.34. The molecule has 1 N–H and O–H groups in total. The molecule has 0 saturated carbocycles. The van der Waals surface area contributed by atoms with Crippen LogP contribution in [0.1, 0.15) is 10.4 Å². The van der Waals surface area contributed by atoms with Gasteiger partial charge in [0.1, 0.15) is 17.3 Å². The van der Waals surface area contributed by atoms with Crippen LogP contribution in [0.2, 0.25) is 0 Å². The molecule has 0 atom stereocenters. The number of benzene rings is 2. The molecule has 0 aliphatic carbocycles. The zero-order valence-corrected chi connectivity index (χ0v) is 16.3. The maximum atomic E-state index is 13.9. The second kappa shape index (κ2) is 7.84. The number of carbonyl (C=O) groups excluding carboxylic acids is 1. The highest BCUT2D eigenvalue weighted by Gasteiger charge is 2.16. The Balaban J connectivity index is 1.83. The van der Waals surface area contributed by atoms with Crippen LogP contribution in [-0.2, 0) is 0 Å². The first-order valence-electron chi connectivity index (χ1n) is 7.46.